The molecule has 35 heavy (non-hydrogen) atoms. The van der Waals surface area contributed by atoms with Crippen molar-refractivity contribution in [2.75, 3.05) is 32.6 Å². The van der Waals surface area contributed by atoms with Gasteiger partial charge >= 0.3 is 0 Å². The van der Waals surface area contributed by atoms with Gasteiger partial charge in [0.1, 0.15) is 6.04 Å². The monoisotopic (exact) mass is 502 g/mol. The Kier molecular flexibility index (Phi) is 7.52. The third-order valence-electron chi connectivity index (χ3n) is 9.28. The molecule has 4 aliphatic rings. The van der Waals surface area contributed by atoms with Gasteiger partial charge in [0.25, 0.3) is 5.91 Å². The summed E-state index contributed by atoms with van der Waals surface area (Å²) in [5, 5.41) is 0. The third kappa shape index (κ3) is 4.38. The summed E-state index contributed by atoms with van der Waals surface area (Å²) in [6.45, 7) is 10.9. The van der Waals surface area contributed by atoms with Crippen LogP contribution in [0.1, 0.15) is 64.9 Å². The predicted octanol–water partition coefficient (Wildman–Crippen LogP) is 4.44. The summed E-state index contributed by atoms with van der Waals surface area (Å²) >= 11 is 0. The van der Waals surface area contributed by atoms with Gasteiger partial charge in [-0.1, -0.05) is 56.3 Å². The number of hydrogen-bond acceptors (Lipinski definition) is 5. The van der Waals surface area contributed by atoms with Crippen LogP contribution >= 0.6 is 0 Å². The van der Waals surface area contributed by atoms with Crippen LogP contribution in [0.2, 0.25) is 0 Å². The van der Waals surface area contributed by atoms with Gasteiger partial charge in [0, 0.05) is 31.1 Å². The van der Waals surface area contributed by atoms with E-state index in [-0.39, 0.29) is 34.4 Å². The summed E-state index contributed by atoms with van der Waals surface area (Å²) in [4.78, 5) is 16.1. The van der Waals surface area contributed by atoms with Crippen LogP contribution in [0.25, 0.3) is 0 Å². The van der Waals surface area contributed by atoms with Crippen LogP contribution in [0.4, 0.5) is 0 Å². The smallest absolute Gasteiger partial charge is 0.254 e. The molecule has 2 aliphatic heterocycles. The second kappa shape index (κ2) is 9.98. The van der Waals surface area contributed by atoms with Gasteiger partial charge in [-0.2, -0.15) is 0 Å². The molecule has 5 rings (SSSR count). The number of nitrogens with zero attached hydrogens (tertiary/aromatic N) is 2. The number of carbonyl (C=O) groups is 1. The molecule has 2 aliphatic carbocycles. The normalized spacial score (nSPS) is 34.7. The van der Waals surface area contributed by atoms with Crippen molar-refractivity contribution in [1.82, 2.24) is 9.21 Å². The lowest BCUT2D eigenvalue weighted by molar-refractivity contribution is -0.134. The molecule has 194 valence electrons. The number of amides is 1. The van der Waals surface area contributed by atoms with E-state index in [2.05, 4.69) is 30.9 Å². The standard InChI is InChI=1S/C24H32N2O3S.C4H10O/c1-23(2)18-12-13-24(23)16-30(28,29)26(20(24)15-18)22(27)21-19(11-7-8-14-25(21)3)17-9-5-4-6-10-17;1-3-5-4-2/h4-7,9-11,18-21H,8,12-16H2,1-3H3;3-4H2,1-2H3/t18-,19-,20-,21+,24-;/m0./s1. The van der Waals surface area contributed by atoms with E-state index in [4.69, 9.17) is 4.74 Å². The molecule has 1 aromatic carbocycles. The molecule has 2 bridgehead atoms. The van der Waals surface area contributed by atoms with E-state index in [1.165, 1.54) is 4.31 Å². The quantitative estimate of drug-likeness (QED) is 0.570. The Labute approximate surface area is 211 Å². The first kappa shape index (κ1) is 26.4. The molecule has 7 heteroatoms. The van der Waals surface area contributed by atoms with E-state index in [0.29, 0.717) is 5.92 Å². The number of fused-ring (bicyclic) bond motifs is 1. The van der Waals surface area contributed by atoms with Crippen LogP contribution in [-0.2, 0) is 19.6 Å². The highest BCUT2D eigenvalue weighted by Crippen LogP contribution is 2.70. The topological polar surface area (TPSA) is 66.9 Å². The highest BCUT2D eigenvalue weighted by atomic mass is 32.2. The fourth-order valence-electron chi connectivity index (χ4n) is 7.26. The molecule has 1 amide bonds. The number of sulfonamides is 1. The molecule has 6 nitrogen and oxygen atoms in total. The number of likely N-dealkylation sites (N-methyl/N-ethyl adjacent to an activating group) is 1. The Morgan fingerprint density at radius 3 is 2.43 bits per heavy atom. The summed E-state index contributed by atoms with van der Waals surface area (Å²) < 4.78 is 33.1. The van der Waals surface area contributed by atoms with Crippen LogP contribution in [0.15, 0.2) is 42.5 Å². The SMILES string of the molecule is CCOCC.CN1CCC=C[C@@H](c2ccccc2)[C@@H]1C(=O)N1[C@H]2C[C@@H]3CC[C@@]2(CS1(=O)=O)C3(C)C. The number of benzene rings is 1. The Morgan fingerprint density at radius 2 is 1.83 bits per heavy atom. The van der Waals surface area contributed by atoms with Gasteiger partial charge in [-0.25, -0.2) is 12.7 Å². The lowest BCUT2D eigenvalue weighted by Gasteiger charge is -2.39. The summed E-state index contributed by atoms with van der Waals surface area (Å²) in [5.41, 5.74) is 0.738. The van der Waals surface area contributed by atoms with Crippen LogP contribution in [0, 0.1) is 16.7 Å². The largest absolute Gasteiger partial charge is 0.382 e. The molecule has 3 fully saturated rings. The molecule has 5 atom stereocenters. The van der Waals surface area contributed by atoms with E-state index in [1.807, 2.05) is 51.2 Å². The summed E-state index contributed by atoms with van der Waals surface area (Å²) in [5.74, 6) is 0.250. The van der Waals surface area contributed by atoms with Crippen LogP contribution in [0.5, 0.6) is 0 Å². The van der Waals surface area contributed by atoms with Gasteiger partial charge in [0.2, 0.25) is 10.0 Å². The number of rotatable bonds is 4. The van der Waals surface area contributed by atoms with Crippen molar-refractivity contribution in [2.24, 2.45) is 16.7 Å². The van der Waals surface area contributed by atoms with Gasteiger partial charge in [-0.05, 0) is 63.5 Å². The maximum absolute atomic E-state index is 14.1. The second-order valence-electron chi connectivity index (χ2n) is 11.1. The molecule has 1 spiro atoms. The molecule has 1 aromatic rings. The van der Waals surface area contributed by atoms with Crippen LogP contribution in [-0.4, -0.2) is 68.2 Å². The first-order valence-electron chi connectivity index (χ1n) is 13.2. The van der Waals surface area contributed by atoms with Crippen molar-refractivity contribution in [3.8, 4) is 0 Å². The molecular formula is C28H42N2O4S. The molecule has 1 saturated heterocycles. The minimum atomic E-state index is -3.62. The predicted molar refractivity (Wildman–Crippen MR) is 140 cm³/mol. The zero-order valence-electron chi connectivity index (χ0n) is 21.9. The Hall–Kier alpha value is -1.70. The van der Waals surface area contributed by atoms with Crippen molar-refractivity contribution in [1.29, 1.82) is 0 Å². The highest BCUT2D eigenvalue weighted by Gasteiger charge is 2.72. The molecular weight excluding hydrogens is 460 g/mol. The maximum atomic E-state index is 14.1. The Balaban J connectivity index is 0.000000527. The minimum absolute atomic E-state index is 0.0339. The van der Waals surface area contributed by atoms with Gasteiger partial charge < -0.3 is 4.74 Å². The van der Waals surface area contributed by atoms with Gasteiger partial charge in [-0.15, -0.1) is 0 Å². The van der Waals surface area contributed by atoms with E-state index in [0.717, 1.165) is 51.0 Å². The number of hydrogen-bond donors (Lipinski definition) is 0. The molecule has 0 N–H and O–H groups in total. The third-order valence-corrected chi connectivity index (χ3v) is 11.2. The molecule has 0 aromatic heterocycles. The minimum Gasteiger partial charge on any atom is -0.382 e. The average Bonchev–Trinajstić information content (AvgIpc) is 3.20. The fraction of sp³-hybridized carbons (Fsp3) is 0.679. The molecule has 0 radical (unpaired) electrons. The Morgan fingerprint density at radius 1 is 1.14 bits per heavy atom. The molecule has 2 heterocycles. The highest BCUT2D eigenvalue weighted by molar-refractivity contribution is 7.90. The summed E-state index contributed by atoms with van der Waals surface area (Å²) in [6.07, 6.45) is 7.91. The fourth-order valence-corrected chi connectivity index (χ4v) is 9.82. The number of ether oxygens (including phenoxy) is 1. The zero-order chi connectivity index (χ0) is 25.4. The van der Waals surface area contributed by atoms with E-state index in [1.54, 1.807) is 0 Å². The zero-order valence-corrected chi connectivity index (χ0v) is 22.8. The molecule has 0 unspecified atom stereocenters. The van der Waals surface area contributed by atoms with Crippen molar-refractivity contribution in [3.05, 3.63) is 48.0 Å². The van der Waals surface area contributed by atoms with E-state index < -0.39 is 16.1 Å². The lowest BCUT2D eigenvalue weighted by atomic mass is 9.69. The summed E-state index contributed by atoms with van der Waals surface area (Å²) in [6, 6.07) is 9.32. The van der Waals surface area contributed by atoms with Crippen molar-refractivity contribution >= 4 is 15.9 Å². The first-order chi connectivity index (χ1) is 16.6. The molecule has 2 saturated carbocycles. The summed E-state index contributed by atoms with van der Waals surface area (Å²) in [7, 11) is -1.66. The first-order valence-corrected chi connectivity index (χ1v) is 14.8. The van der Waals surface area contributed by atoms with Crippen molar-refractivity contribution in [3.63, 3.8) is 0 Å². The van der Waals surface area contributed by atoms with Gasteiger partial charge in [-0.3, -0.25) is 9.69 Å². The second-order valence-corrected chi connectivity index (χ2v) is 13.0. The van der Waals surface area contributed by atoms with Gasteiger partial charge in [0.15, 0.2) is 0 Å². The average molecular weight is 503 g/mol. The van der Waals surface area contributed by atoms with E-state index in [9.17, 15) is 13.2 Å². The Bertz CT molecular complexity index is 1040. The van der Waals surface area contributed by atoms with Crippen LogP contribution < -0.4 is 0 Å². The van der Waals surface area contributed by atoms with Gasteiger partial charge in [0.05, 0.1) is 11.8 Å². The number of carbonyl (C=O) groups excluding carboxylic acids is 1. The van der Waals surface area contributed by atoms with Crippen molar-refractivity contribution in [2.45, 2.75) is 71.4 Å². The lowest BCUT2D eigenvalue weighted by Crippen LogP contribution is -2.53. The van der Waals surface area contributed by atoms with Crippen LogP contribution in [0.3, 0.4) is 0 Å². The maximum Gasteiger partial charge on any atom is 0.254 e. The van der Waals surface area contributed by atoms with E-state index >= 15 is 0 Å². The van der Waals surface area contributed by atoms with Crippen molar-refractivity contribution < 1.29 is 17.9 Å².